The standard InChI is InChI=1S/C12H20N2O2/c1-9(8-14(2)3)13-7-10-4-5-11(15)12(16)6-10/h4-6,9,13,15-16H,7-8H2,1-3H3. The van der Waals surface area contributed by atoms with Gasteiger partial charge in [0.05, 0.1) is 0 Å². The molecule has 0 heterocycles. The van der Waals surface area contributed by atoms with Crippen LogP contribution in [0, 0.1) is 0 Å². The molecule has 16 heavy (non-hydrogen) atoms. The molecule has 0 aromatic heterocycles. The molecule has 0 saturated heterocycles. The number of benzene rings is 1. The van der Waals surface area contributed by atoms with E-state index in [1.807, 2.05) is 14.1 Å². The summed E-state index contributed by atoms with van der Waals surface area (Å²) in [6.45, 7) is 3.76. The average molecular weight is 224 g/mol. The highest BCUT2D eigenvalue weighted by Gasteiger charge is 2.04. The van der Waals surface area contributed by atoms with Gasteiger partial charge in [-0.15, -0.1) is 0 Å². The fourth-order valence-electron chi connectivity index (χ4n) is 1.58. The van der Waals surface area contributed by atoms with E-state index in [1.165, 1.54) is 6.07 Å². The molecule has 0 amide bonds. The van der Waals surface area contributed by atoms with Crippen molar-refractivity contribution in [1.82, 2.24) is 10.2 Å². The van der Waals surface area contributed by atoms with E-state index < -0.39 is 0 Å². The van der Waals surface area contributed by atoms with Crippen molar-refractivity contribution < 1.29 is 10.2 Å². The lowest BCUT2D eigenvalue weighted by Crippen LogP contribution is -2.35. The molecule has 1 unspecified atom stereocenters. The number of nitrogens with one attached hydrogen (secondary N) is 1. The van der Waals surface area contributed by atoms with Crippen molar-refractivity contribution in [3.05, 3.63) is 23.8 Å². The van der Waals surface area contributed by atoms with E-state index in [1.54, 1.807) is 12.1 Å². The molecule has 0 aliphatic carbocycles. The normalized spacial score (nSPS) is 13.0. The lowest BCUT2D eigenvalue weighted by Gasteiger charge is -2.18. The number of likely N-dealkylation sites (N-methyl/N-ethyl adjacent to an activating group) is 1. The third-order valence-electron chi connectivity index (χ3n) is 2.33. The van der Waals surface area contributed by atoms with Crippen molar-refractivity contribution in [3.8, 4) is 11.5 Å². The highest BCUT2D eigenvalue weighted by molar-refractivity contribution is 5.40. The summed E-state index contributed by atoms with van der Waals surface area (Å²) in [7, 11) is 4.06. The van der Waals surface area contributed by atoms with Crippen LogP contribution >= 0.6 is 0 Å². The van der Waals surface area contributed by atoms with Crippen LogP contribution in [0.5, 0.6) is 11.5 Å². The molecule has 0 aliphatic heterocycles. The monoisotopic (exact) mass is 224 g/mol. The van der Waals surface area contributed by atoms with Crippen LogP contribution in [-0.4, -0.2) is 41.8 Å². The van der Waals surface area contributed by atoms with E-state index in [2.05, 4.69) is 17.1 Å². The van der Waals surface area contributed by atoms with Crippen LogP contribution in [0.2, 0.25) is 0 Å². The summed E-state index contributed by atoms with van der Waals surface area (Å²) < 4.78 is 0. The maximum atomic E-state index is 9.32. The molecule has 4 heteroatoms. The van der Waals surface area contributed by atoms with E-state index in [0.717, 1.165) is 12.1 Å². The number of hydrogen-bond acceptors (Lipinski definition) is 4. The topological polar surface area (TPSA) is 55.7 Å². The second-order valence-corrected chi connectivity index (χ2v) is 4.37. The van der Waals surface area contributed by atoms with Crippen LogP contribution in [0.25, 0.3) is 0 Å². The summed E-state index contributed by atoms with van der Waals surface area (Å²) in [5.74, 6) is -0.148. The molecule has 0 radical (unpaired) electrons. The van der Waals surface area contributed by atoms with Gasteiger partial charge < -0.3 is 20.4 Å². The molecular formula is C12H20N2O2. The highest BCUT2D eigenvalue weighted by atomic mass is 16.3. The maximum Gasteiger partial charge on any atom is 0.157 e. The van der Waals surface area contributed by atoms with E-state index in [0.29, 0.717) is 12.6 Å². The third kappa shape index (κ3) is 4.08. The minimum atomic E-state index is -0.0786. The van der Waals surface area contributed by atoms with Crippen LogP contribution in [0.4, 0.5) is 0 Å². The Balaban J connectivity index is 2.45. The lowest BCUT2D eigenvalue weighted by molar-refractivity contribution is 0.349. The number of aromatic hydroxyl groups is 2. The molecule has 0 spiro atoms. The Bertz CT molecular complexity index is 340. The minimum absolute atomic E-state index is 0.0698. The van der Waals surface area contributed by atoms with Gasteiger partial charge in [-0.2, -0.15) is 0 Å². The fraction of sp³-hybridized carbons (Fsp3) is 0.500. The van der Waals surface area contributed by atoms with Crippen molar-refractivity contribution >= 4 is 0 Å². The molecule has 0 saturated carbocycles. The molecular weight excluding hydrogens is 204 g/mol. The number of nitrogens with zero attached hydrogens (tertiary/aromatic N) is 1. The summed E-state index contributed by atoms with van der Waals surface area (Å²) in [4.78, 5) is 2.12. The number of hydrogen-bond donors (Lipinski definition) is 3. The molecule has 90 valence electrons. The highest BCUT2D eigenvalue weighted by Crippen LogP contribution is 2.24. The van der Waals surface area contributed by atoms with Gasteiger partial charge >= 0.3 is 0 Å². The van der Waals surface area contributed by atoms with Gasteiger partial charge in [0.15, 0.2) is 11.5 Å². The van der Waals surface area contributed by atoms with Gasteiger partial charge in [0.1, 0.15) is 0 Å². The van der Waals surface area contributed by atoms with Gasteiger partial charge in [-0.3, -0.25) is 0 Å². The first kappa shape index (κ1) is 12.8. The summed E-state index contributed by atoms with van der Waals surface area (Å²) in [5, 5.41) is 21.8. The first-order valence-electron chi connectivity index (χ1n) is 5.38. The van der Waals surface area contributed by atoms with E-state index in [4.69, 9.17) is 5.11 Å². The molecule has 1 atom stereocenters. The van der Waals surface area contributed by atoms with Gasteiger partial charge in [-0.1, -0.05) is 6.07 Å². The summed E-state index contributed by atoms with van der Waals surface area (Å²) in [6.07, 6.45) is 0. The third-order valence-corrected chi connectivity index (χ3v) is 2.33. The smallest absolute Gasteiger partial charge is 0.157 e. The van der Waals surface area contributed by atoms with Crippen molar-refractivity contribution in [2.75, 3.05) is 20.6 Å². The van der Waals surface area contributed by atoms with Crippen LogP contribution < -0.4 is 5.32 Å². The van der Waals surface area contributed by atoms with Crippen LogP contribution in [0.15, 0.2) is 18.2 Å². The molecule has 1 aromatic rings. The Hall–Kier alpha value is -1.26. The Kier molecular flexibility index (Phi) is 4.58. The van der Waals surface area contributed by atoms with Crippen LogP contribution in [0.3, 0.4) is 0 Å². The number of phenolic OH excluding ortho intramolecular Hbond substituents is 2. The molecule has 0 aliphatic rings. The van der Waals surface area contributed by atoms with Gasteiger partial charge in [-0.05, 0) is 38.7 Å². The zero-order valence-corrected chi connectivity index (χ0v) is 10.1. The quantitative estimate of drug-likeness (QED) is 0.656. The van der Waals surface area contributed by atoms with Gasteiger partial charge in [0.2, 0.25) is 0 Å². The van der Waals surface area contributed by atoms with Crippen molar-refractivity contribution in [2.24, 2.45) is 0 Å². The van der Waals surface area contributed by atoms with E-state index >= 15 is 0 Å². The fourth-order valence-corrected chi connectivity index (χ4v) is 1.58. The summed E-state index contributed by atoms with van der Waals surface area (Å²) >= 11 is 0. The second-order valence-electron chi connectivity index (χ2n) is 4.37. The Morgan fingerprint density at radius 1 is 1.25 bits per heavy atom. The first-order chi connectivity index (χ1) is 7.49. The van der Waals surface area contributed by atoms with Crippen molar-refractivity contribution in [3.63, 3.8) is 0 Å². The molecule has 1 rings (SSSR count). The van der Waals surface area contributed by atoms with E-state index in [9.17, 15) is 5.11 Å². The molecule has 4 nitrogen and oxygen atoms in total. The molecule has 0 bridgehead atoms. The van der Waals surface area contributed by atoms with Crippen LogP contribution in [0.1, 0.15) is 12.5 Å². The van der Waals surface area contributed by atoms with Crippen LogP contribution in [-0.2, 0) is 6.54 Å². The largest absolute Gasteiger partial charge is 0.504 e. The maximum absolute atomic E-state index is 9.32. The second kappa shape index (κ2) is 5.72. The SMILES string of the molecule is CC(CN(C)C)NCc1ccc(O)c(O)c1. The van der Waals surface area contributed by atoms with Crippen molar-refractivity contribution in [2.45, 2.75) is 19.5 Å². The minimum Gasteiger partial charge on any atom is -0.504 e. The summed E-state index contributed by atoms with van der Waals surface area (Å²) in [5.41, 5.74) is 0.959. The Labute approximate surface area is 96.5 Å². The van der Waals surface area contributed by atoms with Gasteiger partial charge in [0.25, 0.3) is 0 Å². The predicted octanol–water partition coefficient (Wildman–Crippen LogP) is 1.14. The zero-order chi connectivity index (χ0) is 12.1. The average Bonchev–Trinajstić information content (AvgIpc) is 2.19. The first-order valence-corrected chi connectivity index (χ1v) is 5.38. The zero-order valence-electron chi connectivity index (χ0n) is 10.1. The molecule has 3 N–H and O–H groups in total. The molecule has 0 fully saturated rings. The summed E-state index contributed by atoms with van der Waals surface area (Å²) in [6, 6.07) is 5.25. The lowest BCUT2D eigenvalue weighted by atomic mass is 10.2. The number of rotatable bonds is 5. The number of phenols is 2. The Morgan fingerprint density at radius 3 is 2.50 bits per heavy atom. The molecule has 1 aromatic carbocycles. The van der Waals surface area contributed by atoms with Crippen molar-refractivity contribution in [1.29, 1.82) is 0 Å². The van der Waals surface area contributed by atoms with Gasteiger partial charge in [-0.25, -0.2) is 0 Å². The van der Waals surface area contributed by atoms with Gasteiger partial charge in [0, 0.05) is 19.1 Å². The predicted molar refractivity (Wildman–Crippen MR) is 64.6 cm³/mol. The Morgan fingerprint density at radius 2 is 1.94 bits per heavy atom. The van der Waals surface area contributed by atoms with E-state index in [-0.39, 0.29) is 11.5 Å².